The molecule has 13 heavy (non-hydrogen) atoms. The third-order valence-corrected chi connectivity index (χ3v) is 1.49. The Bertz CT molecular complexity index is 204. The zero-order valence-electron chi connectivity index (χ0n) is 6.61. The Morgan fingerprint density at radius 2 is 1.92 bits per heavy atom. The second-order valence-corrected chi connectivity index (χ2v) is 2.23. The smallest absolute Gasteiger partial charge is 0.262 e. The molecule has 0 aromatic rings. The summed E-state index contributed by atoms with van der Waals surface area (Å²) in [5, 5.41) is 5.56. The summed E-state index contributed by atoms with van der Waals surface area (Å²) in [6, 6.07) is -0.521. The third-order valence-electron chi connectivity index (χ3n) is 1.49. The lowest BCUT2D eigenvalue weighted by atomic mass is 10.1. The van der Waals surface area contributed by atoms with Crippen LogP contribution in [0.15, 0.2) is 0 Å². The Labute approximate surface area is 87.4 Å². The van der Waals surface area contributed by atoms with E-state index >= 15 is 0 Å². The van der Waals surface area contributed by atoms with Crippen molar-refractivity contribution in [2.75, 3.05) is 13.2 Å². The maximum Gasteiger partial charge on any atom is 0.262 e. The maximum atomic E-state index is 10.9. The summed E-state index contributed by atoms with van der Waals surface area (Å²) in [7, 11) is 0. The van der Waals surface area contributed by atoms with Crippen molar-refractivity contribution < 1.29 is 14.4 Å². The molecule has 76 valence electrons. The first-order valence-corrected chi connectivity index (χ1v) is 3.23. The fourth-order valence-electron chi connectivity index (χ4n) is 0.899. The normalized spacial score (nSPS) is 19.5. The summed E-state index contributed by atoms with van der Waals surface area (Å²) in [4.78, 5) is 31.3. The Balaban J connectivity index is 0. The molecule has 0 aliphatic carbocycles. The summed E-state index contributed by atoms with van der Waals surface area (Å²) >= 11 is 0. The van der Waals surface area contributed by atoms with Gasteiger partial charge < -0.3 is 5.32 Å². The lowest BCUT2D eigenvalue weighted by Crippen LogP contribution is -2.38. The van der Waals surface area contributed by atoms with E-state index in [1.807, 2.05) is 0 Å². The summed E-state index contributed by atoms with van der Waals surface area (Å²) in [5.41, 5.74) is 0. The quantitative estimate of drug-likeness (QED) is 0.357. The van der Waals surface area contributed by atoms with Crippen molar-refractivity contribution in [2.24, 2.45) is 0 Å². The zero-order chi connectivity index (χ0) is 8.27. The molecule has 1 saturated heterocycles. The summed E-state index contributed by atoms with van der Waals surface area (Å²) in [6.07, 6.45) is 0.0440. The van der Waals surface area contributed by atoms with E-state index in [4.69, 9.17) is 0 Å². The molecule has 5 nitrogen and oxygen atoms in total. The SMILES string of the molecule is Cl.Cl.O=CC(=O)C(=O)C1CNCN1. The highest BCUT2D eigenvalue weighted by molar-refractivity contribution is 6.59. The highest BCUT2D eigenvalue weighted by atomic mass is 35.5. The Kier molecular flexibility index (Phi) is 8.04. The molecule has 2 N–H and O–H groups in total. The van der Waals surface area contributed by atoms with Crippen LogP contribution >= 0.6 is 24.8 Å². The number of ketones is 2. The monoisotopic (exact) mass is 228 g/mol. The summed E-state index contributed by atoms with van der Waals surface area (Å²) < 4.78 is 0. The average molecular weight is 229 g/mol. The van der Waals surface area contributed by atoms with Gasteiger partial charge in [-0.05, 0) is 0 Å². The largest absolute Gasteiger partial charge is 0.302 e. The van der Waals surface area contributed by atoms with Gasteiger partial charge in [0.1, 0.15) is 0 Å². The summed E-state index contributed by atoms with van der Waals surface area (Å²) in [5.74, 6) is -1.63. The van der Waals surface area contributed by atoms with Crippen molar-refractivity contribution in [3.63, 3.8) is 0 Å². The first-order valence-electron chi connectivity index (χ1n) is 3.23. The highest BCUT2D eigenvalue weighted by Crippen LogP contribution is 1.90. The number of hydrogen-bond donors (Lipinski definition) is 2. The molecule has 0 amide bonds. The van der Waals surface area contributed by atoms with E-state index in [-0.39, 0.29) is 31.1 Å². The van der Waals surface area contributed by atoms with Gasteiger partial charge in [0.05, 0.1) is 6.04 Å². The number of aldehydes is 1. The number of hydrogen-bond acceptors (Lipinski definition) is 5. The minimum atomic E-state index is -0.966. The Morgan fingerprint density at radius 3 is 2.31 bits per heavy atom. The molecule has 1 rings (SSSR count). The van der Waals surface area contributed by atoms with Crippen molar-refractivity contribution in [1.29, 1.82) is 0 Å². The van der Waals surface area contributed by atoms with Crippen LogP contribution in [0.2, 0.25) is 0 Å². The Hall–Kier alpha value is -0.490. The van der Waals surface area contributed by atoms with Gasteiger partial charge in [-0.1, -0.05) is 0 Å². The van der Waals surface area contributed by atoms with Gasteiger partial charge >= 0.3 is 0 Å². The molecule has 0 spiro atoms. The molecule has 0 bridgehead atoms. The van der Waals surface area contributed by atoms with Crippen molar-refractivity contribution in [1.82, 2.24) is 10.6 Å². The van der Waals surface area contributed by atoms with Crippen LogP contribution in [0.5, 0.6) is 0 Å². The van der Waals surface area contributed by atoms with Crippen LogP contribution < -0.4 is 10.6 Å². The molecule has 7 heteroatoms. The fraction of sp³-hybridized carbons (Fsp3) is 0.500. The van der Waals surface area contributed by atoms with Crippen LogP contribution in [0.1, 0.15) is 0 Å². The van der Waals surface area contributed by atoms with E-state index in [9.17, 15) is 14.4 Å². The molecule has 1 fully saturated rings. The van der Waals surface area contributed by atoms with Gasteiger partial charge in [-0.2, -0.15) is 0 Å². The fourth-order valence-corrected chi connectivity index (χ4v) is 0.899. The van der Waals surface area contributed by atoms with Crippen molar-refractivity contribution in [3.8, 4) is 0 Å². The lowest BCUT2D eigenvalue weighted by Gasteiger charge is -2.02. The minimum Gasteiger partial charge on any atom is -0.302 e. The highest BCUT2D eigenvalue weighted by Gasteiger charge is 2.26. The Morgan fingerprint density at radius 1 is 1.31 bits per heavy atom. The molecule has 1 unspecified atom stereocenters. The maximum absolute atomic E-state index is 10.9. The van der Waals surface area contributed by atoms with Gasteiger partial charge in [0.2, 0.25) is 5.78 Å². The van der Waals surface area contributed by atoms with Gasteiger partial charge in [-0.25, -0.2) is 0 Å². The molecular formula is C6H10Cl2N2O3. The van der Waals surface area contributed by atoms with Crippen LogP contribution in [0.25, 0.3) is 0 Å². The number of Topliss-reactive ketones (excluding diaryl/α,β-unsaturated/α-hetero) is 2. The standard InChI is InChI=1S/C6H8N2O3.2ClH/c9-2-5(10)6(11)4-1-7-3-8-4;;/h2,4,7-8H,1,3H2;2*1H. The predicted molar refractivity (Wildman–Crippen MR) is 50.4 cm³/mol. The van der Waals surface area contributed by atoms with E-state index in [0.29, 0.717) is 13.2 Å². The van der Waals surface area contributed by atoms with Gasteiger partial charge in [-0.3, -0.25) is 19.7 Å². The van der Waals surface area contributed by atoms with Gasteiger partial charge in [0.15, 0.2) is 6.29 Å². The van der Waals surface area contributed by atoms with Crippen LogP contribution in [-0.4, -0.2) is 37.1 Å². The first-order chi connectivity index (χ1) is 5.25. The number of rotatable bonds is 3. The molecule has 1 aliphatic rings. The van der Waals surface area contributed by atoms with E-state index in [1.54, 1.807) is 0 Å². The first kappa shape index (κ1) is 15.0. The molecule has 1 aliphatic heterocycles. The topological polar surface area (TPSA) is 75.3 Å². The molecular weight excluding hydrogens is 219 g/mol. The van der Waals surface area contributed by atoms with Crippen molar-refractivity contribution in [3.05, 3.63) is 0 Å². The number of halogens is 2. The van der Waals surface area contributed by atoms with Crippen molar-refractivity contribution in [2.45, 2.75) is 6.04 Å². The van der Waals surface area contributed by atoms with Gasteiger partial charge in [0.25, 0.3) is 5.78 Å². The molecule has 0 aromatic carbocycles. The van der Waals surface area contributed by atoms with E-state index in [1.165, 1.54) is 0 Å². The van der Waals surface area contributed by atoms with Gasteiger partial charge in [0, 0.05) is 13.2 Å². The lowest BCUT2D eigenvalue weighted by molar-refractivity contribution is -0.140. The minimum absolute atomic E-state index is 0. The van der Waals surface area contributed by atoms with Crippen molar-refractivity contribution >= 4 is 42.7 Å². The molecule has 0 saturated carbocycles. The van der Waals surface area contributed by atoms with E-state index < -0.39 is 17.6 Å². The number of carbonyl (C=O) groups excluding carboxylic acids is 3. The molecule has 1 heterocycles. The summed E-state index contributed by atoms with van der Waals surface area (Å²) in [6.45, 7) is 0.918. The van der Waals surface area contributed by atoms with E-state index in [0.717, 1.165) is 0 Å². The van der Waals surface area contributed by atoms with E-state index in [2.05, 4.69) is 10.6 Å². The average Bonchev–Trinajstić information content (AvgIpc) is 2.53. The molecule has 1 atom stereocenters. The molecule has 0 radical (unpaired) electrons. The van der Waals surface area contributed by atoms with Gasteiger partial charge in [-0.15, -0.1) is 24.8 Å². The second-order valence-electron chi connectivity index (χ2n) is 2.23. The number of nitrogens with one attached hydrogen (secondary N) is 2. The third kappa shape index (κ3) is 3.82. The van der Waals surface area contributed by atoms with Crippen LogP contribution in [0.3, 0.4) is 0 Å². The van der Waals surface area contributed by atoms with Crippen LogP contribution in [0, 0.1) is 0 Å². The zero-order valence-corrected chi connectivity index (χ0v) is 8.24. The van der Waals surface area contributed by atoms with Crippen LogP contribution in [-0.2, 0) is 14.4 Å². The second kappa shape index (κ2) is 6.97. The van der Waals surface area contributed by atoms with Crippen LogP contribution in [0.4, 0.5) is 0 Å². The molecule has 0 aromatic heterocycles. The number of carbonyl (C=O) groups is 3. The predicted octanol–water partition coefficient (Wildman–Crippen LogP) is -1.31.